The van der Waals surface area contributed by atoms with Crippen molar-refractivity contribution in [3.63, 3.8) is 0 Å². The molecule has 0 saturated carbocycles. The number of fused-ring (bicyclic) bond motifs is 1. The van der Waals surface area contributed by atoms with Crippen molar-refractivity contribution < 1.29 is 13.9 Å². The van der Waals surface area contributed by atoms with Crippen molar-refractivity contribution in [1.29, 1.82) is 0 Å². The summed E-state index contributed by atoms with van der Waals surface area (Å²) >= 11 is 1.71. The Balaban J connectivity index is 1.80. The summed E-state index contributed by atoms with van der Waals surface area (Å²) in [7, 11) is 0. The normalized spacial score (nSPS) is 15.1. The molecule has 27 heavy (non-hydrogen) atoms. The van der Waals surface area contributed by atoms with Gasteiger partial charge < -0.3 is 9.67 Å². The lowest BCUT2D eigenvalue weighted by Crippen LogP contribution is -2.22. The molecule has 1 aromatic heterocycles. The Morgan fingerprint density at radius 3 is 2.41 bits per heavy atom. The van der Waals surface area contributed by atoms with Crippen molar-refractivity contribution in [2.45, 2.75) is 25.8 Å². The van der Waals surface area contributed by atoms with Gasteiger partial charge in [0.1, 0.15) is 5.82 Å². The number of aromatic nitrogens is 1. The van der Waals surface area contributed by atoms with E-state index in [1.54, 1.807) is 11.8 Å². The van der Waals surface area contributed by atoms with Gasteiger partial charge in [0.05, 0.1) is 17.2 Å². The van der Waals surface area contributed by atoms with Crippen molar-refractivity contribution in [1.82, 2.24) is 4.57 Å². The van der Waals surface area contributed by atoms with E-state index in [1.165, 1.54) is 16.2 Å². The van der Waals surface area contributed by atoms with Gasteiger partial charge in [0.25, 0.3) is 0 Å². The van der Waals surface area contributed by atoms with Gasteiger partial charge in [-0.3, -0.25) is 0 Å². The van der Waals surface area contributed by atoms with Gasteiger partial charge in [0.15, 0.2) is 11.5 Å². The monoisotopic (exact) mass is 387 g/mol. The summed E-state index contributed by atoms with van der Waals surface area (Å²) in [5.41, 5.74) is 2.05. The molecule has 0 atom stereocenters. The van der Waals surface area contributed by atoms with E-state index in [4.69, 9.17) is 0 Å². The Kier molecular flexibility index (Phi) is 4.63. The van der Waals surface area contributed by atoms with Crippen LogP contribution in [0.5, 0.6) is 5.88 Å². The Bertz CT molecular complexity index is 1020. The highest BCUT2D eigenvalue weighted by atomic mass is 32.2. The van der Waals surface area contributed by atoms with E-state index in [2.05, 4.69) is 24.1 Å². The fourth-order valence-corrected chi connectivity index (χ4v) is 3.94. The molecule has 2 heterocycles. The van der Waals surface area contributed by atoms with Gasteiger partial charge in [0, 0.05) is 23.0 Å². The molecule has 1 N–H and O–H groups in total. The first-order valence-electron chi connectivity index (χ1n) is 8.77. The number of aromatic hydroxyl groups is 1. The van der Waals surface area contributed by atoms with E-state index >= 15 is 0 Å². The molecule has 0 radical (unpaired) electrons. The summed E-state index contributed by atoms with van der Waals surface area (Å²) in [5.74, 6) is 0.340. The van der Waals surface area contributed by atoms with Gasteiger partial charge in [-0.25, -0.2) is 8.78 Å². The van der Waals surface area contributed by atoms with Crippen molar-refractivity contribution in [2.75, 3.05) is 11.5 Å². The summed E-state index contributed by atoms with van der Waals surface area (Å²) in [5, 5.41) is 19.2. The average Bonchev–Trinajstić information content (AvgIpc) is 2.84. The van der Waals surface area contributed by atoms with Crippen LogP contribution < -0.4 is 0 Å². The SMILES string of the molecule is CC(C)c1ccc(N=Nc2c(O)n(C3CSC3)c3c(F)cc(F)cc23)cc1. The van der Waals surface area contributed by atoms with E-state index in [-0.39, 0.29) is 28.5 Å². The highest BCUT2D eigenvalue weighted by Gasteiger charge is 2.29. The lowest BCUT2D eigenvalue weighted by molar-refractivity contribution is 0.404. The number of rotatable bonds is 4. The van der Waals surface area contributed by atoms with Gasteiger partial charge in [-0.15, -0.1) is 5.11 Å². The highest BCUT2D eigenvalue weighted by molar-refractivity contribution is 8.00. The number of thioether (sulfide) groups is 1. The molecule has 2 aromatic carbocycles. The van der Waals surface area contributed by atoms with E-state index in [9.17, 15) is 13.9 Å². The zero-order chi connectivity index (χ0) is 19.1. The Labute approximate surface area is 159 Å². The molecular weight excluding hydrogens is 368 g/mol. The van der Waals surface area contributed by atoms with Gasteiger partial charge in [-0.2, -0.15) is 16.9 Å². The molecule has 0 amide bonds. The van der Waals surface area contributed by atoms with Gasteiger partial charge in [-0.1, -0.05) is 26.0 Å². The maximum absolute atomic E-state index is 14.5. The quantitative estimate of drug-likeness (QED) is 0.523. The second-order valence-electron chi connectivity index (χ2n) is 6.96. The zero-order valence-electron chi connectivity index (χ0n) is 15.0. The molecule has 0 aliphatic carbocycles. The van der Waals surface area contributed by atoms with Crippen molar-refractivity contribution in [3.8, 4) is 5.88 Å². The third kappa shape index (κ3) is 3.20. The zero-order valence-corrected chi connectivity index (χ0v) is 15.8. The summed E-state index contributed by atoms with van der Waals surface area (Å²) in [6, 6.07) is 9.58. The van der Waals surface area contributed by atoms with E-state index in [0.717, 1.165) is 17.6 Å². The maximum Gasteiger partial charge on any atom is 0.221 e. The standard InChI is InChI=1S/C20H19F2N3OS/c1-11(2)12-3-5-14(6-4-12)23-24-18-16-7-13(21)8-17(22)19(16)25(20(18)26)15-9-27-10-15/h3-8,11,15,26H,9-10H2,1-2H3. The predicted molar refractivity (Wildman–Crippen MR) is 105 cm³/mol. The third-order valence-electron chi connectivity index (χ3n) is 4.78. The van der Waals surface area contributed by atoms with Gasteiger partial charge in [0.2, 0.25) is 5.88 Å². The molecule has 0 unspecified atom stereocenters. The predicted octanol–water partition coefficient (Wildman–Crippen LogP) is 6.45. The van der Waals surface area contributed by atoms with Crippen LogP contribution in [0, 0.1) is 11.6 Å². The van der Waals surface area contributed by atoms with Crippen molar-refractivity contribution in [3.05, 3.63) is 53.6 Å². The average molecular weight is 387 g/mol. The second kappa shape index (κ2) is 6.96. The lowest BCUT2D eigenvalue weighted by atomic mass is 10.0. The molecule has 1 aliphatic heterocycles. The number of nitrogens with zero attached hydrogens (tertiary/aromatic N) is 3. The van der Waals surface area contributed by atoms with Gasteiger partial charge in [-0.05, 0) is 29.7 Å². The largest absolute Gasteiger partial charge is 0.493 e. The van der Waals surface area contributed by atoms with E-state index in [0.29, 0.717) is 11.6 Å². The fourth-order valence-electron chi connectivity index (χ4n) is 3.19. The summed E-state index contributed by atoms with van der Waals surface area (Å²) in [6.45, 7) is 4.20. The Morgan fingerprint density at radius 2 is 1.81 bits per heavy atom. The van der Waals surface area contributed by atoms with Gasteiger partial charge >= 0.3 is 0 Å². The number of azo groups is 1. The van der Waals surface area contributed by atoms with Crippen LogP contribution in [-0.4, -0.2) is 21.2 Å². The van der Waals surface area contributed by atoms with Crippen molar-refractivity contribution >= 4 is 34.0 Å². The summed E-state index contributed by atoms with van der Waals surface area (Å²) in [6.07, 6.45) is 0. The molecule has 140 valence electrons. The number of hydrogen-bond acceptors (Lipinski definition) is 4. The molecule has 4 rings (SSSR count). The molecule has 0 spiro atoms. The van der Waals surface area contributed by atoms with Crippen LogP contribution >= 0.6 is 11.8 Å². The van der Waals surface area contributed by atoms with Crippen LogP contribution in [0.3, 0.4) is 0 Å². The summed E-state index contributed by atoms with van der Waals surface area (Å²) < 4.78 is 29.8. The Morgan fingerprint density at radius 1 is 1.11 bits per heavy atom. The number of hydrogen-bond donors (Lipinski definition) is 1. The minimum atomic E-state index is -0.710. The second-order valence-corrected chi connectivity index (χ2v) is 8.04. The molecule has 0 bridgehead atoms. The van der Waals surface area contributed by atoms with Crippen LogP contribution in [0.2, 0.25) is 0 Å². The number of halogens is 2. The highest BCUT2D eigenvalue weighted by Crippen LogP contribution is 2.46. The lowest BCUT2D eigenvalue weighted by Gasteiger charge is -2.27. The topological polar surface area (TPSA) is 49.9 Å². The maximum atomic E-state index is 14.5. The molecule has 7 heteroatoms. The van der Waals surface area contributed by atoms with E-state index in [1.807, 2.05) is 24.3 Å². The molecule has 3 aromatic rings. The molecular formula is C20H19F2N3OS. The smallest absolute Gasteiger partial charge is 0.221 e. The fraction of sp³-hybridized carbons (Fsp3) is 0.300. The first-order chi connectivity index (χ1) is 13.0. The number of benzene rings is 2. The first kappa shape index (κ1) is 18.0. The minimum Gasteiger partial charge on any atom is -0.493 e. The summed E-state index contributed by atoms with van der Waals surface area (Å²) in [4.78, 5) is 0. The molecule has 1 saturated heterocycles. The van der Waals surface area contributed by atoms with Crippen molar-refractivity contribution in [2.24, 2.45) is 10.2 Å². The van der Waals surface area contributed by atoms with Crippen LogP contribution in [0.15, 0.2) is 46.6 Å². The first-order valence-corrected chi connectivity index (χ1v) is 9.92. The molecule has 1 aliphatic rings. The molecule has 1 fully saturated rings. The van der Waals surface area contributed by atoms with Crippen LogP contribution in [0.1, 0.15) is 31.4 Å². The van der Waals surface area contributed by atoms with Crippen LogP contribution in [0.25, 0.3) is 10.9 Å². The molecule has 4 nitrogen and oxygen atoms in total. The van der Waals surface area contributed by atoms with E-state index < -0.39 is 11.6 Å². The third-order valence-corrected chi connectivity index (χ3v) is 6.02. The minimum absolute atomic E-state index is 0.0354. The van der Waals surface area contributed by atoms with Crippen LogP contribution in [0.4, 0.5) is 20.2 Å². The Hall–Kier alpha value is -2.41. The van der Waals surface area contributed by atoms with Crippen LogP contribution in [-0.2, 0) is 0 Å².